The van der Waals surface area contributed by atoms with Gasteiger partial charge >= 0.3 is 5.97 Å². The minimum Gasteiger partial charge on any atom is -0.463 e. The molecule has 0 amide bonds. The number of carbonyl (C=O) groups excluding carboxylic acids is 1. The number of furan rings is 1. The minimum absolute atomic E-state index is 0.239. The third-order valence-electron chi connectivity index (χ3n) is 2.99. The van der Waals surface area contributed by atoms with E-state index in [0.29, 0.717) is 12.6 Å². The molecule has 0 aliphatic carbocycles. The second kappa shape index (κ2) is 6.56. The first-order valence-electron chi connectivity index (χ1n) is 6.29. The highest BCUT2D eigenvalue weighted by atomic mass is 16.5. The van der Waals surface area contributed by atoms with Gasteiger partial charge in [-0.1, -0.05) is 0 Å². The van der Waals surface area contributed by atoms with Crippen LogP contribution in [0.3, 0.4) is 0 Å². The largest absolute Gasteiger partial charge is 0.463 e. The number of hydrogen-bond acceptors (Lipinski definition) is 5. The van der Waals surface area contributed by atoms with E-state index in [1.807, 2.05) is 0 Å². The van der Waals surface area contributed by atoms with Gasteiger partial charge in [0.1, 0.15) is 5.76 Å². The molecule has 0 radical (unpaired) electrons. The second-order valence-electron chi connectivity index (χ2n) is 4.38. The van der Waals surface area contributed by atoms with Crippen molar-refractivity contribution in [2.45, 2.75) is 31.9 Å². The molecule has 100 valence electrons. The number of carbonyl (C=O) groups is 1. The number of rotatable bonds is 5. The summed E-state index contributed by atoms with van der Waals surface area (Å²) in [5, 5.41) is 3.27. The third-order valence-corrected chi connectivity index (χ3v) is 2.99. The van der Waals surface area contributed by atoms with Gasteiger partial charge in [0, 0.05) is 13.2 Å². The van der Waals surface area contributed by atoms with Crippen LogP contribution in [0.25, 0.3) is 0 Å². The van der Waals surface area contributed by atoms with Gasteiger partial charge in [-0.15, -0.1) is 0 Å². The highest BCUT2D eigenvalue weighted by Gasteiger charge is 2.14. The van der Waals surface area contributed by atoms with E-state index in [4.69, 9.17) is 9.15 Å². The maximum atomic E-state index is 11.2. The Morgan fingerprint density at radius 1 is 1.50 bits per heavy atom. The molecule has 0 saturated carbocycles. The molecule has 1 atom stereocenters. The van der Waals surface area contributed by atoms with Crippen LogP contribution in [-0.2, 0) is 16.0 Å². The number of methoxy groups -OCH3 is 1. The van der Waals surface area contributed by atoms with Crippen LogP contribution in [0.1, 0.15) is 35.6 Å². The molecular formula is C13H19NO4. The molecule has 1 N–H and O–H groups in total. The molecule has 5 heteroatoms. The summed E-state index contributed by atoms with van der Waals surface area (Å²) in [6, 6.07) is 3.40. The first-order chi connectivity index (χ1) is 8.79. The van der Waals surface area contributed by atoms with Gasteiger partial charge in [0.05, 0.1) is 19.8 Å². The molecule has 0 spiro atoms. The smallest absolute Gasteiger partial charge is 0.373 e. The minimum atomic E-state index is -0.447. The van der Waals surface area contributed by atoms with Crippen LogP contribution in [0.2, 0.25) is 0 Å². The Morgan fingerprint density at radius 3 is 3.11 bits per heavy atom. The lowest BCUT2D eigenvalue weighted by Gasteiger charge is -2.22. The van der Waals surface area contributed by atoms with Crippen LogP contribution in [0.15, 0.2) is 16.5 Å². The molecule has 1 aliphatic rings. The number of hydrogen-bond donors (Lipinski definition) is 1. The maximum absolute atomic E-state index is 11.2. The number of nitrogens with one attached hydrogen (secondary N) is 1. The van der Waals surface area contributed by atoms with Crippen molar-refractivity contribution < 1.29 is 18.7 Å². The summed E-state index contributed by atoms with van der Waals surface area (Å²) in [5.41, 5.74) is 0. The van der Waals surface area contributed by atoms with Crippen LogP contribution in [-0.4, -0.2) is 32.3 Å². The van der Waals surface area contributed by atoms with Crippen molar-refractivity contribution in [2.75, 3.05) is 20.3 Å². The maximum Gasteiger partial charge on any atom is 0.373 e. The third kappa shape index (κ3) is 3.58. The summed E-state index contributed by atoms with van der Waals surface area (Å²) < 4.78 is 15.5. The van der Waals surface area contributed by atoms with Crippen molar-refractivity contribution in [3.05, 3.63) is 23.7 Å². The van der Waals surface area contributed by atoms with Crippen molar-refractivity contribution in [3.63, 3.8) is 0 Å². The summed E-state index contributed by atoms with van der Waals surface area (Å²) >= 11 is 0. The molecule has 1 saturated heterocycles. The van der Waals surface area contributed by atoms with Crippen molar-refractivity contribution >= 4 is 5.97 Å². The van der Waals surface area contributed by atoms with E-state index in [0.717, 1.165) is 31.8 Å². The van der Waals surface area contributed by atoms with E-state index in [9.17, 15) is 4.79 Å². The SMILES string of the molecule is COC(=O)c1ccc(CNCC2CCCCO2)o1. The van der Waals surface area contributed by atoms with E-state index in [1.54, 1.807) is 12.1 Å². The summed E-state index contributed by atoms with van der Waals surface area (Å²) in [4.78, 5) is 11.2. The predicted molar refractivity (Wildman–Crippen MR) is 65.3 cm³/mol. The zero-order valence-corrected chi connectivity index (χ0v) is 10.6. The average molecular weight is 253 g/mol. The first-order valence-corrected chi connectivity index (χ1v) is 6.29. The van der Waals surface area contributed by atoms with E-state index in [2.05, 4.69) is 10.1 Å². The Hall–Kier alpha value is -1.33. The van der Waals surface area contributed by atoms with Crippen LogP contribution in [0.5, 0.6) is 0 Å². The molecule has 18 heavy (non-hydrogen) atoms. The Kier molecular flexibility index (Phi) is 4.78. The number of ether oxygens (including phenoxy) is 2. The standard InChI is InChI=1S/C13H19NO4/c1-16-13(15)12-6-5-11(18-12)9-14-8-10-4-2-3-7-17-10/h5-6,10,14H,2-4,7-9H2,1H3. The molecule has 5 nitrogen and oxygen atoms in total. The lowest BCUT2D eigenvalue weighted by atomic mass is 10.1. The Balaban J connectivity index is 1.72. The van der Waals surface area contributed by atoms with Crippen LogP contribution >= 0.6 is 0 Å². The van der Waals surface area contributed by atoms with Crippen molar-refractivity contribution in [3.8, 4) is 0 Å². The van der Waals surface area contributed by atoms with E-state index < -0.39 is 5.97 Å². The Labute approximate surface area is 106 Å². The highest BCUT2D eigenvalue weighted by Crippen LogP contribution is 2.12. The number of esters is 1. The fourth-order valence-corrected chi connectivity index (χ4v) is 2.01. The second-order valence-corrected chi connectivity index (χ2v) is 4.38. The zero-order chi connectivity index (χ0) is 12.8. The van der Waals surface area contributed by atoms with E-state index in [-0.39, 0.29) is 5.76 Å². The van der Waals surface area contributed by atoms with Crippen LogP contribution < -0.4 is 5.32 Å². The fourth-order valence-electron chi connectivity index (χ4n) is 2.01. The van der Waals surface area contributed by atoms with Gasteiger partial charge < -0.3 is 19.2 Å². The van der Waals surface area contributed by atoms with Crippen LogP contribution in [0, 0.1) is 0 Å². The van der Waals surface area contributed by atoms with Crippen LogP contribution in [0.4, 0.5) is 0 Å². The van der Waals surface area contributed by atoms with Gasteiger partial charge in [0.15, 0.2) is 0 Å². The fraction of sp³-hybridized carbons (Fsp3) is 0.615. The first kappa shape index (κ1) is 13.1. The molecular weight excluding hydrogens is 234 g/mol. The lowest BCUT2D eigenvalue weighted by Crippen LogP contribution is -2.31. The van der Waals surface area contributed by atoms with Gasteiger partial charge in [-0.3, -0.25) is 0 Å². The summed E-state index contributed by atoms with van der Waals surface area (Å²) in [7, 11) is 1.34. The molecule has 1 aliphatic heterocycles. The Morgan fingerprint density at radius 2 is 2.39 bits per heavy atom. The topological polar surface area (TPSA) is 60.7 Å². The Bertz CT molecular complexity index is 382. The van der Waals surface area contributed by atoms with Crippen molar-refractivity contribution in [2.24, 2.45) is 0 Å². The highest BCUT2D eigenvalue weighted by molar-refractivity contribution is 5.86. The van der Waals surface area contributed by atoms with Gasteiger partial charge in [0.2, 0.25) is 5.76 Å². The molecule has 2 heterocycles. The summed E-state index contributed by atoms with van der Waals surface area (Å²) in [5.74, 6) is 0.520. The molecule has 1 aromatic rings. The van der Waals surface area contributed by atoms with Crippen molar-refractivity contribution in [1.29, 1.82) is 0 Å². The van der Waals surface area contributed by atoms with Gasteiger partial charge in [0.25, 0.3) is 0 Å². The molecule has 0 aromatic carbocycles. The van der Waals surface area contributed by atoms with Gasteiger partial charge in [-0.25, -0.2) is 4.79 Å². The quantitative estimate of drug-likeness (QED) is 0.810. The van der Waals surface area contributed by atoms with E-state index >= 15 is 0 Å². The molecule has 1 aromatic heterocycles. The summed E-state index contributed by atoms with van der Waals surface area (Å²) in [6.45, 7) is 2.27. The van der Waals surface area contributed by atoms with Gasteiger partial charge in [-0.2, -0.15) is 0 Å². The average Bonchev–Trinajstić information content (AvgIpc) is 2.88. The molecule has 0 bridgehead atoms. The monoisotopic (exact) mass is 253 g/mol. The van der Waals surface area contributed by atoms with E-state index in [1.165, 1.54) is 13.5 Å². The molecule has 1 unspecified atom stereocenters. The summed E-state index contributed by atoms with van der Waals surface area (Å²) in [6.07, 6.45) is 3.81. The van der Waals surface area contributed by atoms with Gasteiger partial charge in [-0.05, 0) is 31.4 Å². The normalized spacial score (nSPS) is 19.7. The lowest BCUT2D eigenvalue weighted by molar-refractivity contribution is 0.0165. The molecule has 1 fully saturated rings. The predicted octanol–water partition coefficient (Wildman–Crippen LogP) is 1.72. The zero-order valence-electron chi connectivity index (χ0n) is 10.6. The molecule has 2 rings (SSSR count). The van der Waals surface area contributed by atoms with Crippen molar-refractivity contribution in [1.82, 2.24) is 5.32 Å².